The van der Waals surface area contributed by atoms with Crippen LogP contribution >= 0.6 is 0 Å². The number of carbonyl (C=O) groups is 2. The molecule has 0 saturated heterocycles. The number of esters is 1. The first-order valence-corrected chi connectivity index (χ1v) is 7.12. The van der Waals surface area contributed by atoms with Crippen LogP contribution in [0.5, 0.6) is 0 Å². The largest absolute Gasteiger partial charge is 0.449 e. The predicted molar refractivity (Wildman–Crippen MR) is 77.2 cm³/mol. The van der Waals surface area contributed by atoms with Crippen LogP contribution in [0.1, 0.15) is 30.9 Å². The summed E-state index contributed by atoms with van der Waals surface area (Å²) in [6.07, 6.45) is -1.35. The highest BCUT2D eigenvalue weighted by Crippen LogP contribution is 2.29. The number of carbonyl (C=O) groups excluding carboxylic acids is 2. The zero-order valence-electron chi connectivity index (χ0n) is 12.4. The Morgan fingerprint density at radius 3 is 2.65 bits per heavy atom. The van der Waals surface area contributed by atoms with E-state index in [1.54, 1.807) is 0 Å². The van der Waals surface area contributed by atoms with Crippen molar-refractivity contribution in [3.05, 3.63) is 41.5 Å². The summed E-state index contributed by atoms with van der Waals surface area (Å²) in [5, 5.41) is 2.69. The van der Waals surface area contributed by atoms with E-state index in [0.29, 0.717) is 0 Å². The molecule has 7 heteroatoms. The number of nitrogens with one attached hydrogen (secondary N) is 1. The summed E-state index contributed by atoms with van der Waals surface area (Å²) in [5.74, 6) is -1.17. The van der Waals surface area contributed by atoms with Gasteiger partial charge in [-0.25, -0.2) is 4.79 Å². The topological polar surface area (TPSA) is 55.4 Å². The first kappa shape index (κ1) is 17.1. The van der Waals surface area contributed by atoms with Gasteiger partial charge in [-0.15, -0.1) is 0 Å². The molecule has 1 aromatic rings. The van der Waals surface area contributed by atoms with Crippen LogP contribution in [0.15, 0.2) is 30.3 Å². The van der Waals surface area contributed by atoms with Crippen molar-refractivity contribution >= 4 is 18.0 Å². The third-order valence-electron chi connectivity index (χ3n) is 3.21. The molecule has 0 aromatic heterocycles. The summed E-state index contributed by atoms with van der Waals surface area (Å²) >= 11 is 0. The fourth-order valence-electron chi connectivity index (χ4n) is 1.80. The number of hydrogen-bond acceptors (Lipinski definition) is 3. The van der Waals surface area contributed by atoms with E-state index in [9.17, 15) is 22.8 Å². The molecule has 0 spiro atoms. The van der Waals surface area contributed by atoms with Gasteiger partial charge >= 0.3 is 12.1 Å². The van der Waals surface area contributed by atoms with Crippen molar-refractivity contribution in [1.82, 2.24) is 5.32 Å². The predicted octanol–water partition coefficient (Wildman–Crippen LogP) is 2.93. The van der Waals surface area contributed by atoms with Gasteiger partial charge in [0.05, 0.1) is 5.56 Å². The summed E-state index contributed by atoms with van der Waals surface area (Å²) in [5.41, 5.74) is -0.586. The van der Waals surface area contributed by atoms with Gasteiger partial charge in [-0.3, -0.25) is 4.79 Å². The lowest BCUT2D eigenvalue weighted by atomic mass is 10.1. The molecule has 1 aliphatic carbocycles. The molecule has 1 N–H and O–H groups in total. The molecule has 1 fully saturated rings. The first-order valence-electron chi connectivity index (χ1n) is 7.12. The number of alkyl halides is 3. The van der Waals surface area contributed by atoms with Crippen molar-refractivity contribution in [3.8, 4) is 0 Å². The third-order valence-corrected chi connectivity index (χ3v) is 3.21. The summed E-state index contributed by atoms with van der Waals surface area (Å²) in [7, 11) is 0. The second-order valence-corrected chi connectivity index (χ2v) is 5.32. The average Bonchev–Trinajstić information content (AvgIpc) is 3.28. The molecule has 0 aliphatic heterocycles. The van der Waals surface area contributed by atoms with Crippen LogP contribution in [0.25, 0.3) is 6.08 Å². The standard InChI is InChI=1S/C16H16F3NO3/c1-10(15(22)20-13-6-7-13)23-14(21)8-5-11-3-2-4-12(9-11)16(17,18)19/h2-5,8-10,13H,6-7H2,1H3,(H,20,22)/b8-5+/t10-/m1/s1. The van der Waals surface area contributed by atoms with E-state index < -0.39 is 23.8 Å². The quantitative estimate of drug-likeness (QED) is 0.668. The molecule has 1 atom stereocenters. The van der Waals surface area contributed by atoms with Gasteiger partial charge in [-0.2, -0.15) is 13.2 Å². The number of amides is 1. The van der Waals surface area contributed by atoms with E-state index in [1.807, 2.05) is 0 Å². The second kappa shape index (κ2) is 6.85. The highest BCUT2D eigenvalue weighted by Gasteiger charge is 2.30. The van der Waals surface area contributed by atoms with Crippen LogP contribution in [0, 0.1) is 0 Å². The molecule has 1 aliphatic rings. The highest BCUT2D eigenvalue weighted by molar-refractivity contribution is 5.90. The summed E-state index contributed by atoms with van der Waals surface area (Å²) in [4.78, 5) is 23.2. The van der Waals surface area contributed by atoms with Gasteiger partial charge < -0.3 is 10.1 Å². The second-order valence-electron chi connectivity index (χ2n) is 5.32. The van der Waals surface area contributed by atoms with E-state index in [1.165, 1.54) is 25.1 Å². The minimum Gasteiger partial charge on any atom is -0.449 e. The third kappa shape index (κ3) is 5.43. The maximum atomic E-state index is 12.6. The molecule has 1 aromatic carbocycles. The van der Waals surface area contributed by atoms with E-state index in [-0.39, 0.29) is 17.5 Å². The van der Waals surface area contributed by atoms with Crippen LogP contribution < -0.4 is 5.32 Å². The Balaban J connectivity index is 1.91. The van der Waals surface area contributed by atoms with Crippen molar-refractivity contribution in [2.75, 3.05) is 0 Å². The molecular weight excluding hydrogens is 311 g/mol. The van der Waals surface area contributed by atoms with Gasteiger partial charge in [0.15, 0.2) is 6.10 Å². The molecule has 0 bridgehead atoms. The number of benzene rings is 1. The van der Waals surface area contributed by atoms with Crippen LogP contribution in [-0.4, -0.2) is 24.0 Å². The number of ether oxygens (including phenoxy) is 1. The zero-order chi connectivity index (χ0) is 17.0. The minimum atomic E-state index is -4.44. The van der Waals surface area contributed by atoms with Crippen LogP contribution in [0.2, 0.25) is 0 Å². The number of rotatable bonds is 5. The van der Waals surface area contributed by atoms with Crippen molar-refractivity contribution < 1.29 is 27.5 Å². The lowest BCUT2D eigenvalue weighted by Crippen LogP contribution is -2.36. The number of hydrogen-bond donors (Lipinski definition) is 1. The van der Waals surface area contributed by atoms with Gasteiger partial charge in [0.1, 0.15) is 0 Å². The maximum absolute atomic E-state index is 12.6. The molecule has 1 amide bonds. The zero-order valence-corrected chi connectivity index (χ0v) is 12.4. The molecule has 0 radical (unpaired) electrons. The van der Waals surface area contributed by atoms with Crippen molar-refractivity contribution in [2.45, 2.75) is 38.1 Å². The SMILES string of the molecule is C[C@@H](OC(=O)/C=C/c1cccc(C(F)(F)F)c1)C(=O)NC1CC1. The first-order chi connectivity index (χ1) is 10.8. The Bertz CT molecular complexity index is 621. The smallest absolute Gasteiger partial charge is 0.416 e. The Morgan fingerprint density at radius 2 is 2.04 bits per heavy atom. The van der Waals surface area contributed by atoms with Crippen LogP contribution in [0.4, 0.5) is 13.2 Å². The van der Waals surface area contributed by atoms with Gasteiger partial charge in [0.2, 0.25) is 0 Å². The fourth-order valence-corrected chi connectivity index (χ4v) is 1.80. The van der Waals surface area contributed by atoms with Gasteiger partial charge in [-0.05, 0) is 43.5 Å². The molecule has 23 heavy (non-hydrogen) atoms. The Kier molecular flexibility index (Phi) is 5.08. The maximum Gasteiger partial charge on any atom is 0.416 e. The van der Waals surface area contributed by atoms with Gasteiger partial charge in [0.25, 0.3) is 5.91 Å². The van der Waals surface area contributed by atoms with Crippen molar-refractivity contribution in [2.24, 2.45) is 0 Å². The van der Waals surface area contributed by atoms with Crippen molar-refractivity contribution in [1.29, 1.82) is 0 Å². The average molecular weight is 327 g/mol. The van der Waals surface area contributed by atoms with Crippen LogP contribution in [-0.2, 0) is 20.5 Å². The molecule has 0 heterocycles. The van der Waals surface area contributed by atoms with E-state index in [4.69, 9.17) is 4.74 Å². The van der Waals surface area contributed by atoms with E-state index in [2.05, 4.69) is 5.32 Å². The lowest BCUT2D eigenvalue weighted by molar-refractivity contribution is -0.150. The Labute approximate surface area is 131 Å². The molecule has 4 nitrogen and oxygen atoms in total. The molecule has 2 rings (SSSR count). The Hall–Kier alpha value is -2.31. The summed E-state index contributed by atoms with van der Waals surface area (Å²) in [6.45, 7) is 1.44. The normalized spacial score (nSPS) is 16.2. The van der Waals surface area contributed by atoms with E-state index >= 15 is 0 Å². The Morgan fingerprint density at radius 1 is 1.35 bits per heavy atom. The van der Waals surface area contributed by atoms with Gasteiger partial charge in [0, 0.05) is 12.1 Å². The molecule has 0 unspecified atom stereocenters. The molecular formula is C16H16F3NO3. The molecule has 1 saturated carbocycles. The summed E-state index contributed by atoms with van der Waals surface area (Å²) in [6, 6.07) is 4.71. The van der Waals surface area contributed by atoms with Crippen molar-refractivity contribution in [3.63, 3.8) is 0 Å². The van der Waals surface area contributed by atoms with E-state index in [0.717, 1.165) is 31.1 Å². The van der Waals surface area contributed by atoms with Crippen LogP contribution in [0.3, 0.4) is 0 Å². The van der Waals surface area contributed by atoms with Gasteiger partial charge in [-0.1, -0.05) is 12.1 Å². The summed E-state index contributed by atoms with van der Waals surface area (Å²) < 4.78 is 42.6. The lowest BCUT2D eigenvalue weighted by Gasteiger charge is -2.11. The highest BCUT2D eigenvalue weighted by atomic mass is 19.4. The monoisotopic (exact) mass is 327 g/mol. The minimum absolute atomic E-state index is 0.157. The molecule has 124 valence electrons. The fraction of sp³-hybridized carbons (Fsp3) is 0.375. The number of halogens is 3.